The van der Waals surface area contributed by atoms with Gasteiger partial charge in [0.15, 0.2) is 0 Å². The minimum absolute atomic E-state index is 0.00464. The first-order chi connectivity index (χ1) is 13.0. The van der Waals surface area contributed by atoms with Crippen LogP contribution in [0.4, 0.5) is 5.69 Å². The fourth-order valence-electron chi connectivity index (χ4n) is 3.56. The SMILES string of the molecule is CC(C)c1ccc(N2C[C@H](C(=O)NCc3cc(C4CC4)n[nH]3)CC2=O)cc1. The summed E-state index contributed by atoms with van der Waals surface area (Å²) in [5, 5.41) is 10.2. The maximum Gasteiger partial charge on any atom is 0.227 e. The highest BCUT2D eigenvalue weighted by atomic mass is 16.2. The van der Waals surface area contributed by atoms with Crippen molar-refractivity contribution in [2.24, 2.45) is 5.92 Å². The summed E-state index contributed by atoms with van der Waals surface area (Å²) in [6.07, 6.45) is 2.66. The molecule has 1 aromatic carbocycles. The van der Waals surface area contributed by atoms with Gasteiger partial charge < -0.3 is 10.2 Å². The highest BCUT2D eigenvalue weighted by molar-refractivity contribution is 6.00. The van der Waals surface area contributed by atoms with Crippen LogP contribution in [0.1, 0.15) is 61.9 Å². The summed E-state index contributed by atoms with van der Waals surface area (Å²) >= 11 is 0. The van der Waals surface area contributed by atoms with Crippen molar-refractivity contribution in [1.29, 1.82) is 0 Å². The third-order valence-corrected chi connectivity index (χ3v) is 5.47. The maximum absolute atomic E-state index is 12.5. The molecule has 1 aliphatic heterocycles. The second-order valence-corrected chi connectivity index (χ2v) is 7.96. The van der Waals surface area contributed by atoms with Crippen molar-refractivity contribution >= 4 is 17.5 Å². The first-order valence-electron chi connectivity index (χ1n) is 9.73. The monoisotopic (exact) mass is 366 g/mol. The second kappa shape index (κ2) is 7.18. The second-order valence-electron chi connectivity index (χ2n) is 7.96. The van der Waals surface area contributed by atoms with Gasteiger partial charge in [-0.1, -0.05) is 26.0 Å². The molecule has 1 aliphatic carbocycles. The molecule has 0 unspecified atom stereocenters. The van der Waals surface area contributed by atoms with E-state index >= 15 is 0 Å². The highest BCUT2D eigenvalue weighted by Gasteiger charge is 2.35. The highest BCUT2D eigenvalue weighted by Crippen LogP contribution is 2.39. The Hall–Kier alpha value is -2.63. The van der Waals surface area contributed by atoms with Gasteiger partial charge in [-0.05, 0) is 42.5 Å². The van der Waals surface area contributed by atoms with Gasteiger partial charge in [0.05, 0.1) is 23.9 Å². The largest absolute Gasteiger partial charge is 0.350 e. The van der Waals surface area contributed by atoms with Crippen LogP contribution in [0.3, 0.4) is 0 Å². The smallest absolute Gasteiger partial charge is 0.227 e. The first kappa shape index (κ1) is 17.8. The molecule has 0 radical (unpaired) electrons. The summed E-state index contributed by atoms with van der Waals surface area (Å²) in [6.45, 7) is 5.14. The number of H-pyrrole nitrogens is 1. The van der Waals surface area contributed by atoms with E-state index in [0.29, 0.717) is 24.9 Å². The quantitative estimate of drug-likeness (QED) is 0.825. The molecule has 0 bridgehead atoms. The average Bonchev–Trinajstić information content (AvgIpc) is 3.28. The Morgan fingerprint density at radius 2 is 2.04 bits per heavy atom. The van der Waals surface area contributed by atoms with Crippen molar-refractivity contribution in [1.82, 2.24) is 15.5 Å². The van der Waals surface area contributed by atoms with Crippen LogP contribution >= 0.6 is 0 Å². The molecule has 1 saturated heterocycles. The summed E-state index contributed by atoms with van der Waals surface area (Å²) in [7, 11) is 0. The van der Waals surface area contributed by atoms with E-state index in [0.717, 1.165) is 17.1 Å². The Morgan fingerprint density at radius 3 is 2.70 bits per heavy atom. The number of aromatic amines is 1. The van der Waals surface area contributed by atoms with Gasteiger partial charge in [0, 0.05) is 24.6 Å². The molecule has 2 aliphatic rings. The minimum Gasteiger partial charge on any atom is -0.350 e. The van der Waals surface area contributed by atoms with Crippen molar-refractivity contribution in [2.75, 3.05) is 11.4 Å². The van der Waals surface area contributed by atoms with Gasteiger partial charge in [-0.3, -0.25) is 14.7 Å². The number of nitrogens with one attached hydrogen (secondary N) is 2. The molecule has 0 spiro atoms. The van der Waals surface area contributed by atoms with Crippen LogP contribution in [0, 0.1) is 5.92 Å². The fraction of sp³-hybridized carbons (Fsp3) is 0.476. The summed E-state index contributed by atoms with van der Waals surface area (Å²) in [5.41, 5.74) is 4.11. The molecule has 2 fully saturated rings. The van der Waals surface area contributed by atoms with Crippen LogP contribution in [0.15, 0.2) is 30.3 Å². The van der Waals surface area contributed by atoms with Crippen molar-refractivity contribution in [3.63, 3.8) is 0 Å². The lowest BCUT2D eigenvalue weighted by Gasteiger charge is -2.17. The molecular weight excluding hydrogens is 340 g/mol. The molecule has 2 amide bonds. The lowest BCUT2D eigenvalue weighted by atomic mass is 10.0. The Morgan fingerprint density at radius 1 is 1.30 bits per heavy atom. The van der Waals surface area contributed by atoms with Crippen LogP contribution in [0.25, 0.3) is 0 Å². The zero-order chi connectivity index (χ0) is 19.0. The van der Waals surface area contributed by atoms with E-state index in [2.05, 4.69) is 41.5 Å². The average molecular weight is 366 g/mol. The van der Waals surface area contributed by atoms with E-state index in [4.69, 9.17) is 0 Å². The Kier molecular flexibility index (Phi) is 4.72. The van der Waals surface area contributed by atoms with Crippen molar-refractivity contribution in [3.05, 3.63) is 47.3 Å². The number of carbonyl (C=O) groups excluding carboxylic acids is 2. The minimum atomic E-state index is -0.312. The molecule has 1 aromatic heterocycles. The molecule has 6 nitrogen and oxygen atoms in total. The van der Waals surface area contributed by atoms with Crippen LogP contribution in [0.2, 0.25) is 0 Å². The van der Waals surface area contributed by atoms with Gasteiger partial charge >= 0.3 is 0 Å². The van der Waals surface area contributed by atoms with Gasteiger partial charge in [0.1, 0.15) is 0 Å². The zero-order valence-electron chi connectivity index (χ0n) is 15.9. The molecule has 2 N–H and O–H groups in total. The van der Waals surface area contributed by atoms with Crippen LogP contribution in [-0.2, 0) is 16.1 Å². The van der Waals surface area contributed by atoms with E-state index in [1.807, 2.05) is 18.2 Å². The predicted molar refractivity (Wildman–Crippen MR) is 103 cm³/mol. The van der Waals surface area contributed by atoms with Crippen LogP contribution in [0.5, 0.6) is 0 Å². The molecular formula is C21H26N4O2. The summed E-state index contributed by atoms with van der Waals surface area (Å²) in [5.74, 6) is 0.661. The topological polar surface area (TPSA) is 78.1 Å². The van der Waals surface area contributed by atoms with Crippen molar-refractivity contribution in [2.45, 2.75) is 51.5 Å². The maximum atomic E-state index is 12.5. The molecule has 4 rings (SSSR count). The number of carbonyl (C=O) groups is 2. The van der Waals surface area contributed by atoms with Crippen LogP contribution in [-0.4, -0.2) is 28.6 Å². The molecule has 6 heteroatoms. The van der Waals surface area contributed by atoms with Gasteiger partial charge in [0.2, 0.25) is 11.8 Å². The lowest BCUT2D eigenvalue weighted by Crippen LogP contribution is -2.32. The summed E-state index contributed by atoms with van der Waals surface area (Å²) < 4.78 is 0. The van der Waals surface area contributed by atoms with E-state index in [-0.39, 0.29) is 24.2 Å². The Labute approximate surface area is 159 Å². The zero-order valence-corrected chi connectivity index (χ0v) is 15.9. The lowest BCUT2D eigenvalue weighted by molar-refractivity contribution is -0.126. The standard InChI is InChI=1S/C21H26N4O2/c1-13(2)14-5-7-18(8-6-14)25-12-16(9-20(25)26)21(27)22-11-17-10-19(24-23-17)15-3-4-15/h5-8,10,13,15-16H,3-4,9,11-12H2,1-2H3,(H,22,27)(H,23,24)/t16-/m1/s1. The number of amides is 2. The van der Waals surface area contributed by atoms with Crippen molar-refractivity contribution < 1.29 is 9.59 Å². The van der Waals surface area contributed by atoms with Gasteiger partial charge in [0.25, 0.3) is 0 Å². The van der Waals surface area contributed by atoms with Gasteiger partial charge in [-0.25, -0.2) is 0 Å². The number of rotatable bonds is 6. The van der Waals surface area contributed by atoms with Gasteiger partial charge in [-0.2, -0.15) is 5.10 Å². The van der Waals surface area contributed by atoms with Crippen LogP contribution < -0.4 is 10.2 Å². The Bertz CT molecular complexity index is 836. The molecule has 2 aromatic rings. The summed E-state index contributed by atoms with van der Waals surface area (Å²) in [4.78, 5) is 26.6. The summed E-state index contributed by atoms with van der Waals surface area (Å²) in [6, 6.07) is 10.1. The predicted octanol–water partition coefficient (Wildman–Crippen LogP) is 3.08. The number of nitrogens with zero attached hydrogens (tertiary/aromatic N) is 2. The molecule has 1 saturated carbocycles. The number of benzene rings is 1. The van der Waals surface area contributed by atoms with E-state index in [1.54, 1.807) is 4.90 Å². The van der Waals surface area contributed by atoms with E-state index in [9.17, 15) is 9.59 Å². The number of anilines is 1. The molecule has 1 atom stereocenters. The third kappa shape index (κ3) is 3.89. The normalized spacial score (nSPS) is 19.7. The molecule has 27 heavy (non-hydrogen) atoms. The molecule has 2 heterocycles. The fourth-order valence-corrected chi connectivity index (χ4v) is 3.56. The van der Waals surface area contributed by atoms with E-state index < -0.39 is 0 Å². The van der Waals surface area contributed by atoms with Gasteiger partial charge in [-0.15, -0.1) is 0 Å². The number of hydrogen-bond acceptors (Lipinski definition) is 3. The molecule has 142 valence electrons. The third-order valence-electron chi connectivity index (χ3n) is 5.47. The Balaban J connectivity index is 1.34. The first-order valence-corrected chi connectivity index (χ1v) is 9.73. The number of hydrogen-bond donors (Lipinski definition) is 2. The number of aromatic nitrogens is 2. The van der Waals surface area contributed by atoms with E-state index in [1.165, 1.54) is 18.4 Å². The van der Waals surface area contributed by atoms with Crippen molar-refractivity contribution in [3.8, 4) is 0 Å².